The van der Waals surface area contributed by atoms with Gasteiger partial charge in [0.2, 0.25) is 5.91 Å². The number of hydrogen-bond acceptors (Lipinski definition) is 3. The molecule has 0 saturated carbocycles. The highest BCUT2D eigenvalue weighted by Gasteiger charge is 2.08. The number of halogens is 1. The second-order valence-corrected chi connectivity index (χ2v) is 2.98. The lowest BCUT2D eigenvalue weighted by molar-refractivity contribution is -0.129. The molecule has 0 aromatic rings. The molecule has 0 saturated heterocycles. The number of likely N-dealkylation sites (N-methyl/N-ethyl adjacent to an activating group) is 2. The fraction of sp³-hybridized carbons (Fsp3) is 0.875. The van der Waals surface area contributed by atoms with E-state index in [1.54, 1.807) is 4.90 Å². The van der Waals surface area contributed by atoms with Gasteiger partial charge in [-0.05, 0) is 21.0 Å². The Bertz CT molecular complexity index is 141. The molecule has 0 radical (unpaired) electrons. The first-order valence-corrected chi connectivity index (χ1v) is 4.24. The van der Waals surface area contributed by atoms with Crippen molar-refractivity contribution in [2.45, 2.75) is 6.92 Å². The van der Waals surface area contributed by atoms with Crippen molar-refractivity contribution in [3.63, 3.8) is 0 Å². The quantitative estimate of drug-likeness (QED) is 0.681. The highest BCUT2D eigenvalue weighted by molar-refractivity contribution is 5.85. The zero-order valence-electron chi connectivity index (χ0n) is 8.62. The molecular weight excluding hydrogens is 190 g/mol. The van der Waals surface area contributed by atoms with E-state index in [-0.39, 0.29) is 24.9 Å². The van der Waals surface area contributed by atoms with Crippen molar-refractivity contribution in [2.75, 3.05) is 40.3 Å². The molecule has 0 spiro atoms. The maximum Gasteiger partial charge on any atom is 0.236 e. The fourth-order valence-electron chi connectivity index (χ4n) is 0.909. The normalized spacial score (nSPS) is 9.62. The van der Waals surface area contributed by atoms with E-state index in [1.165, 1.54) is 0 Å². The van der Waals surface area contributed by atoms with Crippen LogP contribution in [0.2, 0.25) is 0 Å². The molecule has 0 bridgehead atoms. The third kappa shape index (κ3) is 6.81. The summed E-state index contributed by atoms with van der Waals surface area (Å²) in [6.45, 7) is 4.47. The van der Waals surface area contributed by atoms with Gasteiger partial charge in [0.05, 0.1) is 6.54 Å². The Hall–Kier alpha value is -0.320. The zero-order chi connectivity index (χ0) is 9.56. The van der Waals surface area contributed by atoms with Gasteiger partial charge in [0.15, 0.2) is 0 Å². The number of amides is 1. The molecule has 2 N–H and O–H groups in total. The minimum absolute atomic E-state index is 0. The van der Waals surface area contributed by atoms with Crippen LogP contribution in [0.15, 0.2) is 0 Å². The molecule has 0 aromatic carbocycles. The topological polar surface area (TPSA) is 49.6 Å². The Balaban J connectivity index is 0. The summed E-state index contributed by atoms with van der Waals surface area (Å²) in [5.74, 6) is 0.0272. The number of carbonyl (C=O) groups excluding carboxylic acids is 1. The molecule has 0 heterocycles. The van der Waals surface area contributed by atoms with E-state index >= 15 is 0 Å². The van der Waals surface area contributed by atoms with Crippen LogP contribution in [-0.4, -0.2) is 56.0 Å². The van der Waals surface area contributed by atoms with E-state index < -0.39 is 0 Å². The Morgan fingerprint density at radius 2 is 1.85 bits per heavy atom. The highest BCUT2D eigenvalue weighted by Crippen LogP contribution is 1.88. The van der Waals surface area contributed by atoms with Crippen molar-refractivity contribution in [1.29, 1.82) is 0 Å². The van der Waals surface area contributed by atoms with E-state index in [0.717, 1.165) is 19.6 Å². The van der Waals surface area contributed by atoms with Crippen LogP contribution in [-0.2, 0) is 4.79 Å². The maximum atomic E-state index is 11.1. The molecule has 0 aliphatic rings. The second-order valence-electron chi connectivity index (χ2n) is 2.98. The van der Waals surface area contributed by atoms with Crippen LogP contribution in [0.5, 0.6) is 0 Å². The maximum absolute atomic E-state index is 11.1. The summed E-state index contributed by atoms with van der Waals surface area (Å²) in [6.07, 6.45) is 0. The summed E-state index contributed by atoms with van der Waals surface area (Å²) < 4.78 is 0. The average Bonchev–Trinajstić information content (AvgIpc) is 2.04. The van der Waals surface area contributed by atoms with E-state index in [2.05, 4.69) is 0 Å². The van der Waals surface area contributed by atoms with Gasteiger partial charge in [-0.1, -0.05) is 0 Å². The van der Waals surface area contributed by atoms with Gasteiger partial charge in [-0.25, -0.2) is 0 Å². The molecule has 0 aliphatic heterocycles. The summed E-state index contributed by atoms with van der Waals surface area (Å²) in [5.41, 5.74) is 5.25. The minimum Gasteiger partial charge on any atom is -0.341 e. The van der Waals surface area contributed by atoms with Crippen LogP contribution in [0.3, 0.4) is 0 Å². The van der Waals surface area contributed by atoms with Gasteiger partial charge in [-0.15, -0.1) is 12.4 Å². The van der Waals surface area contributed by atoms with Crippen molar-refractivity contribution in [3.05, 3.63) is 0 Å². The molecule has 0 fully saturated rings. The molecule has 0 atom stereocenters. The number of carbonyl (C=O) groups is 1. The molecule has 0 unspecified atom stereocenters. The molecule has 1 amide bonds. The Kier molecular flexibility index (Phi) is 9.67. The van der Waals surface area contributed by atoms with Crippen molar-refractivity contribution in [2.24, 2.45) is 5.73 Å². The largest absolute Gasteiger partial charge is 0.341 e. The van der Waals surface area contributed by atoms with E-state index in [1.807, 2.05) is 25.9 Å². The highest BCUT2D eigenvalue weighted by atomic mass is 35.5. The summed E-state index contributed by atoms with van der Waals surface area (Å²) in [6, 6.07) is 0. The first-order chi connectivity index (χ1) is 5.61. The van der Waals surface area contributed by atoms with E-state index in [4.69, 9.17) is 5.73 Å². The van der Waals surface area contributed by atoms with E-state index in [0.29, 0.717) is 0 Å². The Labute approximate surface area is 86.5 Å². The fourth-order valence-corrected chi connectivity index (χ4v) is 0.909. The summed E-state index contributed by atoms with van der Waals surface area (Å²) in [7, 11) is 3.97. The summed E-state index contributed by atoms with van der Waals surface area (Å²) >= 11 is 0. The SMILES string of the molecule is CCN(CCN(C)C)C(=O)CN.Cl. The molecule has 80 valence electrons. The third-order valence-electron chi connectivity index (χ3n) is 1.73. The van der Waals surface area contributed by atoms with Crippen molar-refractivity contribution in [3.8, 4) is 0 Å². The first-order valence-electron chi connectivity index (χ1n) is 4.24. The molecule has 5 heteroatoms. The van der Waals surface area contributed by atoms with E-state index in [9.17, 15) is 4.79 Å². The van der Waals surface area contributed by atoms with Gasteiger partial charge < -0.3 is 15.5 Å². The minimum atomic E-state index is 0. The van der Waals surface area contributed by atoms with Gasteiger partial charge >= 0.3 is 0 Å². The molecule has 0 aliphatic carbocycles. The van der Waals surface area contributed by atoms with Crippen molar-refractivity contribution >= 4 is 18.3 Å². The smallest absolute Gasteiger partial charge is 0.236 e. The predicted molar refractivity (Wildman–Crippen MR) is 57.1 cm³/mol. The molecule has 0 rings (SSSR count). The standard InChI is InChI=1S/C8H19N3O.ClH/c1-4-11(8(12)7-9)6-5-10(2)3;/h4-7,9H2,1-3H3;1H. The van der Waals surface area contributed by atoms with Crippen molar-refractivity contribution < 1.29 is 4.79 Å². The lowest BCUT2D eigenvalue weighted by Crippen LogP contribution is -2.39. The van der Waals surface area contributed by atoms with Gasteiger partial charge in [0.25, 0.3) is 0 Å². The number of nitrogens with two attached hydrogens (primary N) is 1. The Morgan fingerprint density at radius 3 is 2.15 bits per heavy atom. The van der Waals surface area contributed by atoms with Crippen LogP contribution >= 0.6 is 12.4 Å². The summed E-state index contributed by atoms with van der Waals surface area (Å²) in [5, 5.41) is 0. The third-order valence-corrected chi connectivity index (χ3v) is 1.73. The van der Waals surface area contributed by atoms with Crippen LogP contribution in [0.25, 0.3) is 0 Å². The molecular formula is C8H20ClN3O. The number of hydrogen-bond donors (Lipinski definition) is 1. The lowest BCUT2D eigenvalue weighted by atomic mass is 10.4. The number of rotatable bonds is 5. The molecule has 13 heavy (non-hydrogen) atoms. The van der Waals surface area contributed by atoms with Gasteiger partial charge in [-0.2, -0.15) is 0 Å². The van der Waals surface area contributed by atoms with Crippen LogP contribution < -0.4 is 5.73 Å². The first kappa shape index (κ1) is 15.2. The summed E-state index contributed by atoms with van der Waals surface area (Å²) in [4.78, 5) is 14.9. The molecule has 0 aromatic heterocycles. The predicted octanol–water partition coefficient (Wildman–Crippen LogP) is -0.223. The molecule has 4 nitrogen and oxygen atoms in total. The second kappa shape index (κ2) is 8.29. The van der Waals surface area contributed by atoms with Crippen LogP contribution in [0, 0.1) is 0 Å². The lowest BCUT2D eigenvalue weighted by Gasteiger charge is -2.21. The average molecular weight is 210 g/mol. The Morgan fingerprint density at radius 1 is 1.31 bits per heavy atom. The van der Waals surface area contributed by atoms with Crippen molar-refractivity contribution in [1.82, 2.24) is 9.80 Å². The van der Waals surface area contributed by atoms with Crippen LogP contribution in [0.4, 0.5) is 0 Å². The monoisotopic (exact) mass is 209 g/mol. The van der Waals surface area contributed by atoms with Gasteiger partial charge in [0.1, 0.15) is 0 Å². The zero-order valence-corrected chi connectivity index (χ0v) is 9.43. The number of nitrogens with zero attached hydrogens (tertiary/aromatic N) is 2. The van der Waals surface area contributed by atoms with Crippen LogP contribution in [0.1, 0.15) is 6.92 Å². The van der Waals surface area contributed by atoms with Gasteiger partial charge in [-0.3, -0.25) is 4.79 Å². The van der Waals surface area contributed by atoms with Gasteiger partial charge in [0, 0.05) is 19.6 Å².